The number of benzene rings is 1. The van der Waals surface area contributed by atoms with Gasteiger partial charge in [-0.15, -0.1) is 10.2 Å². The summed E-state index contributed by atoms with van der Waals surface area (Å²) in [5.74, 6) is 0.848. The fourth-order valence-corrected chi connectivity index (χ4v) is 1.77. The van der Waals surface area contributed by atoms with Crippen molar-refractivity contribution in [3.05, 3.63) is 66.9 Å². The minimum absolute atomic E-state index is 0.764. The summed E-state index contributed by atoms with van der Waals surface area (Å²) in [7, 11) is 0. The minimum atomic E-state index is 0.764. The highest BCUT2D eigenvalue weighted by Gasteiger charge is 1.98. The number of nitrogens with zero attached hydrogens (tertiary/aromatic N) is 4. The Morgan fingerprint density at radius 1 is 0.947 bits per heavy atom. The number of nitrogens with one attached hydrogen (secondary N) is 1. The molecule has 1 aromatic carbocycles. The molecule has 0 aliphatic heterocycles. The summed E-state index contributed by atoms with van der Waals surface area (Å²) in [4.78, 5) is 4.36. The van der Waals surface area contributed by atoms with Crippen LogP contribution in [0.4, 0.5) is 5.82 Å². The molecule has 5 heteroatoms. The first kappa shape index (κ1) is 11.4. The van der Waals surface area contributed by atoms with Gasteiger partial charge in [-0.3, -0.25) is 4.57 Å². The largest absolute Gasteiger partial charge is 0.366 e. The highest BCUT2D eigenvalue weighted by molar-refractivity contribution is 5.41. The van der Waals surface area contributed by atoms with E-state index in [4.69, 9.17) is 0 Å². The Morgan fingerprint density at radius 2 is 1.74 bits per heavy atom. The van der Waals surface area contributed by atoms with Gasteiger partial charge < -0.3 is 5.32 Å². The van der Waals surface area contributed by atoms with Crippen LogP contribution in [-0.4, -0.2) is 19.7 Å². The summed E-state index contributed by atoms with van der Waals surface area (Å²) in [6.45, 7) is 0.764. The Hall–Kier alpha value is -2.69. The van der Waals surface area contributed by atoms with Gasteiger partial charge in [-0.25, -0.2) is 4.98 Å². The minimum Gasteiger partial charge on any atom is -0.366 e. The standard InChI is InChI=1S/C14H13N5/c1-2-4-12(5-3-1)8-15-14-7-6-13(9-16-14)19-10-17-18-11-19/h1-7,9-11H,8H2,(H,15,16). The zero-order valence-corrected chi connectivity index (χ0v) is 10.3. The maximum Gasteiger partial charge on any atom is 0.126 e. The smallest absolute Gasteiger partial charge is 0.126 e. The lowest BCUT2D eigenvalue weighted by Gasteiger charge is -2.06. The van der Waals surface area contributed by atoms with Crippen molar-refractivity contribution in [3.63, 3.8) is 0 Å². The first-order valence-corrected chi connectivity index (χ1v) is 6.01. The molecule has 0 saturated carbocycles. The molecule has 94 valence electrons. The third-order valence-corrected chi connectivity index (χ3v) is 2.78. The van der Waals surface area contributed by atoms with Crippen LogP contribution in [0.1, 0.15) is 5.56 Å². The number of rotatable bonds is 4. The molecule has 0 radical (unpaired) electrons. The number of anilines is 1. The molecule has 0 atom stereocenters. The van der Waals surface area contributed by atoms with E-state index in [0.717, 1.165) is 18.1 Å². The highest BCUT2D eigenvalue weighted by atomic mass is 15.2. The number of aromatic nitrogens is 4. The van der Waals surface area contributed by atoms with Crippen LogP contribution in [-0.2, 0) is 6.54 Å². The Labute approximate surface area is 111 Å². The van der Waals surface area contributed by atoms with Crippen molar-refractivity contribution in [1.82, 2.24) is 19.7 Å². The number of pyridine rings is 1. The fourth-order valence-electron chi connectivity index (χ4n) is 1.77. The second-order valence-electron chi connectivity index (χ2n) is 4.11. The molecule has 0 spiro atoms. The van der Waals surface area contributed by atoms with E-state index in [1.165, 1.54) is 5.56 Å². The van der Waals surface area contributed by atoms with Gasteiger partial charge in [0, 0.05) is 6.54 Å². The van der Waals surface area contributed by atoms with Gasteiger partial charge in [0.1, 0.15) is 18.5 Å². The Kier molecular flexibility index (Phi) is 3.18. The maximum atomic E-state index is 4.36. The molecule has 19 heavy (non-hydrogen) atoms. The third-order valence-electron chi connectivity index (χ3n) is 2.78. The van der Waals surface area contributed by atoms with Crippen molar-refractivity contribution in [2.75, 3.05) is 5.32 Å². The Morgan fingerprint density at radius 3 is 2.42 bits per heavy atom. The quantitative estimate of drug-likeness (QED) is 0.773. The van der Waals surface area contributed by atoms with Crippen LogP contribution in [0.2, 0.25) is 0 Å². The topological polar surface area (TPSA) is 55.6 Å². The third kappa shape index (κ3) is 2.77. The van der Waals surface area contributed by atoms with Gasteiger partial charge in [-0.2, -0.15) is 0 Å². The maximum absolute atomic E-state index is 4.36. The van der Waals surface area contributed by atoms with E-state index in [-0.39, 0.29) is 0 Å². The average molecular weight is 251 g/mol. The van der Waals surface area contributed by atoms with E-state index in [9.17, 15) is 0 Å². The lowest BCUT2D eigenvalue weighted by atomic mass is 10.2. The van der Waals surface area contributed by atoms with Crippen LogP contribution in [0.15, 0.2) is 61.3 Å². The van der Waals surface area contributed by atoms with Crippen molar-refractivity contribution in [2.24, 2.45) is 0 Å². The fraction of sp³-hybridized carbons (Fsp3) is 0.0714. The molecule has 2 heterocycles. The molecule has 0 amide bonds. The van der Waals surface area contributed by atoms with Gasteiger partial charge in [0.05, 0.1) is 11.9 Å². The monoisotopic (exact) mass is 251 g/mol. The van der Waals surface area contributed by atoms with Crippen molar-refractivity contribution in [1.29, 1.82) is 0 Å². The van der Waals surface area contributed by atoms with Gasteiger partial charge in [0.15, 0.2) is 0 Å². The van der Waals surface area contributed by atoms with Gasteiger partial charge >= 0.3 is 0 Å². The molecule has 2 aromatic heterocycles. The first-order valence-electron chi connectivity index (χ1n) is 6.01. The molecule has 0 fully saturated rings. The summed E-state index contributed by atoms with van der Waals surface area (Å²) in [6, 6.07) is 14.1. The molecule has 1 N–H and O–H groups in total. The van der Waals surface area contributed by atoms with E-state index in [1.807, 2.05) is 34.9 Å². The second kappa shape index (κ2) is 5.30. The molecule has 0 aliphatic carbocycles. The zero-order valence-electron chi connectivity index (χ0n) is 10.3. The first-order chi connectivity index (χ1) is 9.42. The van der Waals surface area contributed by atoms with Crippen molar-refractivity contribution in [3.8, 4) is 5.69 Å². The molecule has 5 nitrogen and oxygen atoms in total. The summed E-state index contributed by atoms with van der Waals surface area (Å²) in [5, 5.41) is 10.8. The van der Waals surface area contributed by atoms with Crippen LogP contribution in [0.5, 0.6) is 0 Å². The van der Waals surface area contributed by atoms with E-state index in [0.29, 0.717) is 0 Å². The SMILES string of the molecule is c1ccc(CNc2ccc(-n3cnnc3)cn2)cc1. The zero-order chi connectivity index (χ0) is 12.9. The molecule has 0 unspecified atom stereocenters. The van der Waals surface area contributed by atoms with Crippen molar-refractivity contribution in [2.45, 2.75) is 6.54 Å². The lowest BCUT2D eigenvalue weighted by Crippen LogP contribution is -2.01. The van der Waals surface area contributed by atoms with E-state index in [1.54, 1.807) is 18.9 Å². The Balaban J connectivity index is 1.67. The molecule has 0 bridgehead atoms. The second-order valence-corrected chi connectivity index (χ2v) is 4.11. The number of hydrogen-bond acceptors (Lipinski definition) is 4. The molecule has 0 aliphatic rings. The van der Waals surface area contributed by atoms with Crippen LogP contribution < -0.4 is 5.32 Å². The van der Waals surface area contributed by atoms with Gasteiger partial charge in [-0.05, 0) is 17.7 Å². The summed E-state index contributed by atoms with van der Waals surface area (Å²) < 4.78 is 1.81. The average Bonchev–Trinajstić information content (AvgIpc) is 3.01. The van der Waals surface area contributed by atoms with Crippen molar-refractivity contribution < 1.29 is 0 Å². The van der Waals surface area contributed by atoms with Gasteiger partial charge in [0.2, 0.25) is 0 Å². The predicted molar refractivity (Wildman–Crippen MR) is 72.9 cm³/mol. The molecule has 3 rings (SSSR count). The van der Waals surface area contributed by atoms with Gasteiger partial charge in [0.25, 0.3) is 0 Å². The Bertz CT molecular complexity index is 617. The van der Waals surface area contributed by atoms with Crippen LogP contribution in [0.3, 0.4) is 0 Å². The van der Waals surface area contributed by atoms with Crippen LogP contribution in [0, 0.1) is 0 Å². The predicted octanol–water partition coefficient (Wildman–Crippen LogP) is 2.27. The summed E-state index contributed by atoms with van der Waals surface area (Å²) in [6.07, 6.45) is 5.08. The van der Waals surface area contributed by atoms with E-state index >= 15 is 0 Å². The lowest BCUT2D eigenvalue weighted by molar-refractivity contribution is 1.03. The summed E-state index contributed by atoms with van der Waals surface area (Å²) in [5.41, 5.74) is 2.17. The summed E-state index contributed by atoms with van der Waals surface area (Å²) >= 11 is 0. The molecule has 0 saturated heterocycles. The molecule has 3 aromatic rings. The number of hydrogen-bond donors (Lipinski definition) is 1. The van der Waals surface area contributed by atoms with Crippen molar-refractivity contribution >= 4 is 5.82 Å². The van der Waals surface area contributed by atoms with Crippen LogP contribution >= 0.6 is 0 Å². The van der Waals surface area contributed by atoms with Crippen LogP contribution in [0.25, 0.3) is 5.69 Å². The highest BCUT2D eigenvalue weighted by Crippen LogP contribution is 2.10. The van der Waals surface area contributed by atoms with E-state index < -0.39 is 0 Å². The molecular formula is C14H13N5. The van der Waals surface area contributed by atoms with Gasteiger partial charge in [-0.1, -0.05) is 30.3 Å². The normalized spacial score (nSPS) is 10.3. The molecular weight excluding hydrogens is 238 g/mol. The van der Waals surface area contributed by atoms with E-state index in [2.05, 4.69) is 32.6 Å².